The van der Waals surface area contributed by atoms with Crippen molar-refractivity contribution in [1.82, 2.24) is 4.98 Å². The molecule has 5 aromatic carbocycles. The zero-order valence-electron chi connectivity index (χ0n) is 25.7. The minimum atomic E-state index is -2.15. The van der Waals surface area contributed by atoms with Gasteiger partial charge in [0.15, 0.2) is 16.6 Å². The van der Waals surface area contributed by atoms with Crippen molar-refractivity contribution in [3.05, 3.63) is 108 Å². The second-order valence-corrected chi connectivity index (χ2v) is 11.1. The van der Waals surface area contributed by atoms with Crippen molar-refractivity contribution in [3.8, 4) is 17.1 Å². The molecule has 1 N–H and O–H groups in total. The first kappa shape index (κ1) is 20.6. The third-order valence-corrected chi connectivity index (χ3v) is 7.90. The minimum absolute atomic E-state index is 0.335. The lowest BCUT2D eigenvalue weighted by Crippen LogP contribution is -2.35. The molecule has 2 heterocycles. The molecular weight excluding hydrogens is 476 g/mol. The van der Waals surface area contributed by atoms with Crippen LogP contribution in [0.3, 0.4) is 0 Å². The van der Waals surface area contributed by atoms with Crippen LogP contribution in [0.15, 0.2) is 95.4 Å². The zero-order chi connectivity index (χ0) is 29.3. The van der Waals surface area contributed by atoms with Crippen LogP contribution in [0.25, 0.3) is 60.8 Å². The lowest BCUT2D eigenvalue weighted by molar-refractivity contribution is -0.556. The van der Waals surface area contributed by atoms with Gasteiger partial charge in [0.2, 0.25) is 0 Å². The van der Waals surface area contributed by atoms with E-state index in [4.69, 9.17) is 8.53 Å². The molecule has 0 saturated carbocycles. The number of nitrogens with one attached hydrogen (secondary N) is 1. The molecule has 0 aliphatic heterocycles. The predicted molar refractivity (Wildman–Crippen MR) is 163 cm³/mol. The Labute approximate surface area is 232 Å². The van der Waals surface area contributed by atoms with Gasteiger partial charge in [-0.25, -0.2) is 4.98 Å². The molecule has 0 saturated heterocycles. The van der Waals surface area contributed by atoms with Crippen LogP contribution in [0.1, 0.15) is 60.3 Å². The third-order valence-electron chi connectivity index (χ3n) is 7.90. The van der Waals surface area contributed by atoms with Crippen molar-refractivity contribution in [3.63, 3.8) is 0 Å². The summed E-state index contributed by atoms with van der Waals surface area (Å²) in [7, 11) is 0. The fraction of sp³-hybridized carbons (Fsp3) is 0.194. The molecule has 39 heavy (non-hydrogen) atoms. The Bertz CT molecular complexity index is 2120. The molecule has 0 aliphatic carbocycles. The number of furan rings is 1. The molecule has 0 fully saturated rings. The molecule has 0 aliphatic rings. The molecule has 2 aromatic heterocycles. The highest BCUT2D eigenvalue weighted by molar-refractivity contribution is 6.13. The second kappa shape index (κ2) is 8.84. The van der Waals surface area contributed by atoms with Crippen molar-refractivity contribution >= 4 is 43.7 Å². The fourth-order valence-corrected chi connectivity index (χ4v) is 6.00. The Morgan fingerprint density at radius 3 is 2.28 bits per heavy atom. The molecule has 3 heteroatoms. The maximum Gasteiger partial charge on any atom is 0.296 e. The topological polar surface area (TPSA) is 32.8 Å². The van der Waals surface area contributed by atoms with Gasteiger partial charge >= 0.3 is 0 Å². The van der Waals surface area contributed by atoms with E-state index in [1.54, 1.807) is 12.1 Å². The molecule has 0 radical (unpaired) electrons. The van der Waals surface area contributed by atoms with Gasteiger partial charge in [-0.15, -0.1) is 0 Å². The van der Waals surface area contributed by atoms with Crippen molar-refractivity contribution in [2.24, 2.45) is 0 Å². The average Bonchev–Trinajstić information content (AvgIpc) is 3.52. The van der Waals surface area contributed by atoms with Gasteiger partial charge in [-0.3, -0.25) is 0 Å². The molecule has 0 bridgehead atoms. The molecule has 0 unspecified atom stereocenters. The first-order valence-corrected chi connectivity index (χ1v) is 13.7. The number of fused-ring (bicyclic) bond motifs is 5. The van der Waals surface area contributed by atoms with Crippen molar-refractivity contribution < 1.29 is 13.1 Å². The normalized spacial score (nSPS) is 13.6. The van der Waals surface area contributed by atoms with Crippen LogP contribution in [0.4, 0.5) is 0 Å². The largest absolute Gasteiger partial charge is 0.455 e. The van der Waals surface area contributed by atoms with E-state index in [1.807, 2.05) is 12.1 Å². The number of aromatic nitrogens is 2. The Balaban J connectivity index is 1.55. The maximum absolute atomic E-state index is 7.86. The number of aryl methyl sites for hydroxylation is 1. The van der Waals surface area contributed by atoms with Gasteiger partial charge < -0.3 is 4.42 Å². The Hall–Kier alpha value is -4.37. The van der Waals surface area contributed by atoms with Crippen LogP contribution < -0.4 is 4.57 Å². The highest BCUT2D eigenvalue weighted by Gasteiger charge is 2.30. The summed E-state index contributed by atoms with van der Waals surface area (Å²) in [6.45, 7) is 6.85. The number of hydrogen-bond acceptors (Lipinski definition) is 1. The Morgan fingerprint density at radius 1 is 0.744 bits per heavy atom. The smallest absolute Gasteiger partial charge is 0.296 e. The number of aromatic amines is 1. The molecule has 0 spiro atoms. The highest BCUT2D eigenvalue weighted by atomic mass is 16.3. The quantitative estimate of drug-likeness (QED) is 0.234. The summed E-state index contributed by atoms with van der Waals surface area (Å²) in [5.74, 6) is 1.63. The number of nitrogens with zero attached hydrogens (tertiary/aromatic N) is 1. The predicted octanol–water partition coefficient (Wildman–Crippen LogP) is 9.72. The Morgan fingerprint density at radius 2 is 1.51 bits per heavy atom. The molecule has 0 amide bonds. The maximum atomic E-state index is 7.86. The van der Waals surface area contributed by atoms with Crippen molar-refractivity contribution in [1.29, 1.82) is 0 Å². The number of para-hydroxylation sites is 4. The van der Waals surface area contributed by atoms with Crippen LogP contribution in [0, 0.1) is 6.85 Å². The van der Waals surface area contributed by atoms with Crippen molar-refractivity contribution in [2.75, 3.05) is 0 Å². The fourth-order valence-electron chi connectivity index (χ4n) is 6.00. The summed E-state index contributed by atoms with van der Waals surface area (Å²) in [5, 5.41) is 3.80. The van der Waals surface area contributed by atoms with E-state index in [2.05, 4.69) is 104 Å². The van der Waals surface area contributed by atoms with Crippen LogP contribution in [0.2, 0.25) is 0 Å². The zero-order valence-corrected chi connectivity index (χ0v) is 22.7. The molecule has 3 nitrogen and oxygen atoms in total. The van der Waals surface area contributed by atoms with E-state index in [1.165, 1.54) is 16.8 Å². The summed E-state index contributed by atoms with van der Waals surface area (Å²) in [6.07, 6.45) is 0. The van der Waals surface area contributed by atoms with Gasteiger partial charge in [-0.1, -0.05) is 93.9 Å². The summed E-state index contributed by atoms with van der Waals surface area (Å²) in [5.41, 5.74) is 8.86. The van der Waals surface area contributed by atoms with Gasteiger partial charge in [-0.2, -0.15) is 4.57 Å². The number of H-pyrrole nitrogens is 1. The third kappa shape index (κ3) is 3.68. The van der Waals surface area contributed by atoms with Gasteiger partial charge in [0.05, 0.1) is 0 Å². The summed E-state index contributed by atoms with van der Waals surface area (Å²) >= 11 is 0. The number of hydrogen-bond donors (Lipinski definition) is 1. The number of rotatable bonds is 4. The lowest BCUT2D eigenvalue weighted by atomic mass is 9.92. The first-order valence-electron chi connectivity index (χ1n) is 15.2. The van der Waals surface area contributed by atoms with E-state index in [0.29, 0.717) is 17.4 Å². The van der Waals surface area contributed by atoms with Crippen LogP contribution in [-0.4, -0.2) is 4.98 Å². The molecule has 7 aromatic rings. The monoisotopic (exact) mass is 512 g/mol. The summed E-state index contributed by atoms with van der Waals surface area (Å²) in [4.78, 5) is 3.75. The standard InChI is InChI=1S/C36H32N2O/c1-21(2)26-10-8-11-27(22(3)4)34(26)38-32-15-7-6-14-31(32)37-36(38)29-13-9-12-28-30-19-25-18-23(5)16-17-24(25)20-33(30)39-35(28)29/h6-22H,1-5H3/p+1/i5D3. The second-order valence-electron chi connectivity index (χ2n) is 11.1. The van der Waals surface area contributed by atoms with E-state index in [-0.39, 0.29) is 0 Å². The van der Waals surface area contributed by atoms with Gasteiger partial charge in [0.1, 0.15) is 16.8 Å². The van der Waals surface area contributed by atoms with E-state index in [0.717, 1.165) is 55.1 Å². The van der Waals surface area contributed by atoms with Crippen molar-refractivity contribution in [2.45, 2.75) is 46.4 Å². The molecule has 192 valence electrons. The first-order chi connectivity index (χ1) is 20.1. The number of imidazole rings is 1. The van der Waals surface area contributed by atoms with E-state index < -0.39 is 6.85 Å². The minimum Gasteiger partial charge on any atom is -0.455 e. The van der Waals surface area contributed by atoms with Crippen LogP contribution in [-0.2, 0) is 0 Å². The summed E-state index contributed by atoms with van der Waals surface area (Å²) in [6, 6.07) is 30.8. The van der Waals surface area contributed by atoms with E-state index >= 15 is 0 Å². The Kier molecular flexibility index (Phi) is 4.67. The molecule has 0 atom stereocenters. The molecular formula is C36H33N2O+. The van der Waals surface area contributed by atoms with E-state index in [9.17, 15) is 0 Å². The van der Waals surface area contributed by atoms with Crippen LogP contribution in [0.5, 0.6) is 0 Å². The van der Waals surface area contributed by atoms with Gasteiger partial charge in [0.25, 0.3) is 5.82 Å². The SMILES string of the molecule is [2H]C([2H])([2H])c1ccc2cc3oc4c(-c5[nH]c6ccccc6[n+]5-c5c(C(C)C)cccc5C(C)C)cccc4c3cc2c1. The summed E-state index contributed by atoms with van der Waals surface area (Å²) < 4.78 is 32.6. The van der Waals surface area contributed by atoms with Gasteiger partial charge in [0, 0.05) is 26.0 Å². The van der Waals surface area contributed by atoms with Gasteiger partial charge in [-0.05, 0) is 59.8 Å². The highest BCUT2D eigenvalue weighted by Crippen LogP contribution is 2.38. The number of benzene rings is 5. The van der Waals surface area contributed by atoms with Crippen LogP contribution >= 0.6 is 0 Å². The molecule has 7 rings (SSSR count). The lowest BCUT2D eigenvalue weighted by Gasteiger charge is -2.18. The average molecular weight is 513 g/mol.